The largest absolute Gasteiger partial charge is 0.338 e. The van der Waals surface area contributed by atoms with Gasteiger partial charge >= 0.3 is 0 Å². The zero-order valence-electron chi connectivity index (χ0n) is 14.8. The van der Waals surface area contributed by atoms with Crippen LogP contribution in [0, 0.1) is 0 Å². The van der Waals surface area contributed by atoms with Crippen LogP contribution in [0.2, 0.25) is 5.02 Å². The molecule has 2 heterocycles. The molecular formula is C20H16ClN5OS. The third-order valence-electron chi connectivity index (χ3n) is 4.51. The molecule has 2 aromatic heterocycles. The number of thioether (sulfide) groups is 1. The number of rotatable bonds is 6. The Labute approximate surface area is 170 Å². The molecule has 1 aliphatic carbocycles. The van der Waals surface area contributed by atoms with Gasteiger partial charge in [-0.05, 0) is 49.2 Å². The van der Waals surface area contributed by atoms with Crippen LogP contribution in [0.4, 0.5) is 0 Å². The Hall–Kier alpha value is -2.64. The number of nitrogens with zero attached hydrogens (tertiary/aromatic N) is 5. The molecule has 0 radical (unpaired) electrons. The lowest BCUT2D eigenvalue weighted by atomic mass is 10.2. The van der Waals surface area contributed by atoms with Crippen LogP contribution < -0.4 is 0 Å². The predicted octanol–water partition coefficient (Wildman–Crippen LogP) is 5.14. The lowest BCUT2D eigenvalue weighted by Crippen LogP contribution is -2.01. The molecule has 1 fully saturated rings. The fourth-order valence-electron chi connectivity index (χ4n) is 2.96. The monoisotopic (exact) mass is 409 g/mol. The Morgan fingerprint density at radius 1 is 1.04 bits per heavy atom. The number of hydrogen-bond donors (Lipinski definition) is 0. The molecule has 0 atom stereocenters. The van der Waals surface area contributed by atoms with E-state index < -0.39 is 0 Å². The maximum Gasteiger partial charge on any atom is 0.237 e. The molecule has 0 spiro atoms. The van der Waals surface area contributed by atoms with E-state index in [4.69, 9.17) is 16.1 Å². The molecule has 1 saturated carbocycles. The van der Waals surface area contributed by atoms with E-state index in [2.05, 4.69) is 37.0 Å². The quantitative estimate of drug-likeness (QED) is 0.410. The highest BCUT2D eigenvalue weighted by atomic mass is 35.5. The second-order valence-electron chi connectivity index (χ2n) is 6.59. The Bertz CT molecular complexity index is 1090. The molecule has 5 rings (SSSR count). The van der Waals surface area contributed by atoms with E-state index in [1.54, 1.807) is 11.8 Å². The van der Waals surface area contributed by atoms with Crippen LogP contribution in [0.15, 0.2) is 64.3 Å². The fourth-order valence-corrected chi connectivity index (χ4v) is 3.88. The third kappa shape index (κ3) is 3.55. The summed E-state index contributed by atoms with van der Waals surface area (Å²) in [4.78, 5) is 4.48. The molecule has 28 heavy (non-hydrogen) atoms. The minimum atomic E-state index is 0.502. The standard InChI is InChI=1S/C20H16ClN5OS/c21-15-10-8-13(9-11-15)18-22-17(27-25-18)12-28-20-24-23-19(14-6-7-14)26(20)16-4-2-1-3-5-16/h1-5,8-11,14H,6-7,12H2. The lowest BCUT2D eigenvalue weighted by molar-refractivity contribution is 0.391. The Morgan fingerprint density at radius 2 is 1.82 bits per heavy atom. The van der Waals surface area contributed by atoms with Crippen molar-refractivity contribution in [1.82, 2.24) is 24.9 Å². The molecule has 6 nitrogen and oxygen atoms in total. The van der Waals surface area contributed by atoms with Crippen LogP contribution in [0.25, 0.3) is 17.1 Å². The van der Waals surface area contributed by atoms with Crippen molar-refractivity contribution in [3.05, 3.63) is 71.3 Å². The van der Waals surface area contributed by atoms with Gasteiger partial charge in [0, 0.05) is 22.2 Å². The Balaban J connectivity index is 1.37. The van der Waals surface area contributed by atoms with Crippen LogP contribution >= 0.6 is 23.4 Å². The minimum absolute atomic E-state index is 0.502. The van der Waals surface area contributed by atoms with Gasteiger partial charge in [-0.2, -0.15) is 4.98 Å². The van der Waals surface area contributed by atoms with Crippen molar-refractivity contribution in [2.45, 2.75) is 29.7 Å². The molecule has 0 amide bonds. The topological polar surface area (TPSA) is 69.6 Å². The van der Waals surface area contributed by atoms with E-state index in [9.17, 15) is 0 Å². The summed E-state index contributed by atoms with van der Waals surface area (Å²) in [5.74, 6) is 3.15. The molecule has 1 aliphatic rings. The first-order chi connectivity index (χ1) is 13.8. The second-order valence-corrected chi connectivity index (χ2v) is 7.97. The average molecular weight is 410 g/mol. The zero-order chi connectivity index (χ0) is 18.9. The molecule has 2 aromatic carbocycles. The summed E-state index contributed by atoms with van der Waals surface area (Å²) in [6.07, 6.45) is 2.34. The summed E-state index contributed by atoms with van der Waals surface area (Å²) in [5.41, 5.74) is 1.94. The van der Waals surface area contributed by atoms with Crippen molar-refractivity contribution in [2.75, 3.05) is 0 Å². The van der Waals surface area contributed by atoms with Crippen molar-refractivity contribution in [3.63, 3.8) is 0 Å². The summed E-state index contributed by atoms with van der Waals surface area (Å²) >= 11 is 7.48. The van der Waals surface area contributed by atoms with Crippen molar-refractivity contribution in [1.29, 1.82) is 0 Å². The van der Waals surface area contributed by atoms with Gasteiger partial charge < -0.3 is 4.52 Å². The summed E-state index contributed by atoms with van der Waals surface area (Å²) in [6, 6.07) is 17.6. The van der Waals surface area contributed by atoms with Gasteiger partial charge in [0.25, 0.3) is 0 Å². The second kappa shape index (κ2) is 7.41. The molecule has 0 aliphatic heterocycles. The van der Waals surface area contributed by atoms with Gasteiger partial charge in [0.1, 0.15) is 5.82 Å². The molecule has 0 unspecified atom stereocenters. The number of hydrogen-bond acceptors (Lipinski definition) is 6. The first kappa shape index (κ1) is 17.5. The molecule has 0 saturated heterocycles. The van der Waals surface area contributed by atoms with Crippen LogP contribution in [0.1, 0.15) is 30.5 Å². The summed E-state index contributed by atoms with van der Waals surface area (Å²) < 4.78 is 7.55. The van der Waals surface area contributed by atoms with Gasteiger partial charge in [-0.25, -0.2) is 0 Å². The summed E-state index contributed by atoms with van der Waals surface area (Å²) in [6.45, 7) is 0. The molecule has 4 aromatic rings. The van der Waals surface area contributed by atoms with Gasteiger partial charge in [-0.3, -0.25) is 4.57 Å². The first-order valence-corrected chi connectivity index (χ1v) is 10.4. The van der Waals surface area contributed by atoms with E-state index in [1.807, 2.05) is 42.5 Å². The van der Waals surface area contributed by atoms with E-state index in [0.29, 0.717) is 28.4 Å². The number of benzene rings is 2. The van der Waals surface area contributed by atoms with Crippen LogP contribution in [-0.2, 0) is 5.75 Å². The Morgan fingerprint density at radius 3 is 2.57 bits per heavy atom. The zero-order valence-corrected chi connectivity index (χ0v) is 16.4. The molecule has 140 valence electrons. The van der Waals surface area contributed by atoms with Crippen molar-refractivity contribution in [3.8, 4) is 17.1 Å². The Kier molecular flexibility index (Phi) is 4.62. The maximum absolute atomic E-state index is 5.93. The van der Waals surface area contributed by atoms with Gasteiger partial charge in [0.05, 0.1) is 5.75 Å². The molecule has 0 N–H and O–H groups in total. The number of halogens is 1. The van der Waals surface area contributed by atoms with E-state index in [1.165, 1.54) is 12.8 Å². The SMILES string of the molecule is Clc1ccc(-c2noc(CSc3nnc(C4CC4)n3-c3ccccc3)n2)cc1. The van der Waals surface area contributed by atoms with Crippen LogP contribution in [-0.4, -0.2) is 24.9 Å². The van der Waals surface area contributed by atoms with Gasteiger partial charge in [0.2, 0.25) is 11.7 Å². The highest BCUT2D eigenvalue weighted by Crippen LogP contribution is 2.41. The smallest absolute Gasteiger partial charge is 0.237 e. The summed E-state index contributed by atoms with van der Waals surface area (Å²) in [7, 11) is 0. The van der Waals surface area contributed by atoms with Crippen molar-refractivity contribution >= 4 is 23.4 Å². The molecular weight excluding hydrogens is 394 g/mol. The third-order valence-corrected chi connectivity index (χ3v) is 5.68. The highest BCUT2D eigenvalue weighted by Gasteiger charge is 2.31. The first-order valence-electron chi connectivity index (χ1n) is 9.00. The average Bonchev–Trinajstić information content (AvgIpc) is 3.31. The van der Waals surface area contributed by atoms with Crippen LogP contribution in [0.5, 0.6) is 0 Å². The van der Waals surface area contributed by atoms with Crippen molar-refractivity contribution in [2.24, 2.45) is 0 Å². The van der Waals surface area contributed by atoms with Gasteiger partial charge in [-0.15, -0.1) is 10.2 Å². The maximum atomic E-state index is 5.93. The lowest BCUT2D eigenvalue weighted by Gasteiger charge is -2.08. The fraction of sp³-hybridized carbons (Fsp3) is 0.200. The molecule has 0 bridgehead atoms. The molecule has 8 heteroatoms. The number of aromatic nitrogens is 5. The van der Waals surface area contributed by atoms with E-state index in [-0.39, 0.29) is 0 Å². The van der Waals surface area contributed by atoms with E-state index >= 15 is 0 Å². The highest BCUT2D eigenvalue weighted by molar-refractivity contribution is 7.98. The summed E-state index contributed by atoms with van der Waals surface area (Å²) in [5, 5.41) is 14.4. The van der Waals surface area contributed by atoms with Gasteiger partial charge in [0.15, 0.2) is 5.16 Å². The number of para-hydroxylation sites is 1. The van der Waals surface area contributed by atoms with Crippen LogP contribution in [0.3, 0.4) is 0 Å². The van der Waals surface area contributed by atoms with Crippen molar-refractivity contribution < 1.29 is 4.52 Å². The normalized spacial score (nSPS) is 13.8. The minimum Gasteiger partial charge on any atom is -0.338 e. The van der Waals surface area contributed by atoms with E-state index in [0.717, 1.165) is 22.2 Å². The predicted molar refractivity (Wildman–Crippen MR) is 108 cm³/mol. The van der Waals surface area contributed by atoms with Gasteiger partial charge in [-0.1, -0.05) is 46.7 Å².